The maximum absolute atomic E-state index is 13.6. The molecule has 0 aliphatic carbocycles. The highest BCUT2D eigenvalue weighted by Gasteiger charge is 2.22. The molecular formula is C21H29FN4O2S. The number of aliphatic imine (C=N–C) groups is 1. The first-order valence-electron chi connectivity index (χ1n) is 9.29. The molecule has 2 N–H and O–H groups in total. The Morgan fingerprint density at radius 2 is 1.79 bits per heavy atom. The molecule has 0 aliphatic heterocycles. The van der Waals surface area contributed by atoms with Crippen LogP contribution in [0, 0.1) is 5.82 Å². The van der Waals surface area contributed by atoms with Gasteiger partial charge >= 0.3 is 0 Å². The fourth-order valence-electron chi connectivity index (χ4n) is 2.81. The fourth-order valence-corrected chi connectivity index (χ4v) is 3.93. The summed E-state index contributed by atoms with van der Waals surface area (Å²) in [5.41, 5.74) is 1.20. The van der Waals surface area contributed by atoms with E-state index in [0.29, 0.717) is 24.6 Å². The Bertz CT molecular complexity index is 972. The highest BCUT2D eigenvalue weighted by Crippen LogP contribution is 2.23. The van der Waals surface area contributed by atoms with Crippen LogP contribution in [0.25, 0.3) is 0 Å². The van der Waals surface area contributed by atoms with Crippen molar-refractivity contribution < 1.29 is 12.8 Å². The van der Waals surface area contributed by atoms with Crippen molar-refractivity contribution >= 4 is 16.0 Å². The van der Waals surface area contributed by atoms with E-state index >= 15 is 0 Å². The molecule has 158 valence electrons. The number of halogens is 1. The molecule has 2 aromatic carbocycles. The van der Waals surface area contributed by atoms with E-state index in [-0.39, 0.29) is 16.1 Å². The number of hydrogen-bond acceptors (Lipinski definition) is 3. The standard InChI is InChI=1S/C21H29FN4O2S/c1-21(2,17-10-8-11-18(22)13-17)15-25-20(23-3)24-14-16-9-6-7-12-19(16)29(27,28)26(4)5/h6-13H,14-15H2,1-5H3,(H2,23,24,25). The molecule has 0 amide bonds. The molecule has 6 nitrogen and oxygen atoms in total. The van der Waals surface area contributed by atoms with Gasteiger partial charge in [0.25, 0.3) is 0 Å². The van der Waals surface area contributed by atoms with E-state index in [9.17, 15) is 12.8 Å². The van der Waals surface area contributed by atoms with E-state index in [1.54, 1.807) is 37.4 Å². The van der Waals surface area contributed by atoms with Crippen molar-refractivity contribution in [2.45, 2.75) is 30.7 Å². The zero-order valence-corrected chi connectivity index (χ0v) is 18.3. The van der Waals surface area contributed by atoms with Gasteiger partial charge in [-0.25, -0.2) is 17.1 Å². The van der Waals surface area contributed by atoms with Crippen molar-refractivity contribution in [1.82, 2.24) is 14.9 Å². The van der Waals surface area contributed by atoms with E-state index in [4.69, 9.17) is 0 Å². The molecule has 0 atom stereocenters. The first-order chi connectivity index (χ1) is 13.6. The minimum atomic E-state index is -3.54. The maximum atomic E-state index is 13.6. The second kappa shape index (κ2) is 9.37. The molecule has 0 aromatic heterocycles. The molecule has 29 heavy (non-hydrogen) atoms. The zero-order chi connectivity index (χ0) is 21.7. The van der Waals surface area contributed by atoms with E-state index in [1.165, 1.54) is 30.5 Å². The lowest BCUT2D eigenvalue weighted by Gasteiger charge is -2.27. The molecule has 0 saturated heterocycles. The highest BCUT2D eigenvalue weighted by molar-refractivity contribution is 7.89. The zero-order valence-electron chi connectivity index (χ0n) is 17.5. The molecule has 0 saturated carbocycles. The van der Waals surface area contributed by atoms with Gasteiger partial charge in [0.2, 0.25) is 10.0 Å². The summed E-state index contributed by atoms with van der Waals surface area (Å²) in [6, 6.07) is 13.4. The van der Waals surface area contributed by atoms with Gasteiger partial charge in [0.15, 0.2) is 5.96 Å². The first kappa shape index (κ1) is 22.8. The minimum Gasteiger partial charge on any atom is -0.356 e. The van der Waals surface area contributed by atoms with Crippen molar-refractivity contribution in [3.63, 3.8) is 0 Å². The fraction of sp³-hybridized carbons (Fsp3) is 0.381. The third kappa shape index (κ3) is 5.77. The summed E-state index contributed by atoms with van der Waals surface area (Å²) < 4.78 is 39.8. The Morgan fingerprint density at radius 3 is 2.41 bits per heavy atom. The Morgan fingerprint density at radius 1 is 1.10 bits per heavy atom. The number of benzene rings is 2. The summed E-state index contributed by atoms with van der Waals surface area (Å²) >= 11 is 0. The Labute approximate surface area is 172 Å². The number of rotatable bonds is 7. The van der Waals surface area contributed by atoms with E-state index in [1.807, 2.05) is 19.9 Å². The summed E-state index contributed by atoms with van der Waals surface area (Å²) in [6.07, 6.45) is 0. The quantitative estimate of drug-likeness (QED) is 0.534. The van der Waals surface area contributed by atoms with Gasteiger partial charge in [-0.15, -0.1) is 0 Å². The third-order valence-electron chi connectivity index (χ3n) is 4.70. The van der Waals surface area contributed by atoms with Crippen LogP contribution in [-0.2, 0) is 22.0 Å². The van der Waals surface area contributed by atoms with E-state index in [2.05, 4.69) is 15.6 Å². The molecule has 2 rings (SSSR count). The van der Waals surface area contributed by atoms with Crippen LogP contribution in [0.5, 0.6) is 0 Å². The van der Waals surface area contributed by atoms with Crippen LogP contribution in [0.4, 0.5) is 4.39 Å². The van der Waals surface area contributed by atoms with Crippen LogP contribution in [-0.4, -0.2) is 46.4 Å². The second-order valence-corrected chi connectivity index (χ2v) is 9.69. The van der Waals surface area contributed by atoms with Gasteiger partial charge in [0, 0.05) is 39.6 Å². The van der Waals surface area contributed by atoms with Crippen molar-refractivity contribution in [3.8, 4) is 0 Å². The van der Waals surface area contributed by atoms with Crippen LogP contribution in [0.15, 0.2) is 58.4 Å². The number of guanidine groups is 1. The van der Waals surface area contributed by atoms with Gasteiger partial charge in [-0.3, -0.25) is 4.99 Å². The summed E-state index contributed by atoms with van der Waals surface area (Å²) in [5.74, 6) is 0.267. The average molecular weight is 421 g/mol. The number of sulfonamides is 1. The monoisotopic (exact) mass is 420 g/mol. The number of nitrogens with one attached hydrogen (secondary N) is 2. The smallest absolute Gasteiger partial charge is 0.242 e. The van der Waals surface area contributed by atoms with Crippen molar-refractivity contribution in [2.75, 3.05) is 27.7 Å². The van der Waals surface area contributed by atoms with Crippen molar-refractivity contribution in [2.24, 2.45) is 4.99 Å². The van der Waals surface area contributed by atoms with Crippen molar-refractivity contribution in [3.05, 3.63) is 65.5 Å². The summed E-state index contributed by atoms with van der Waals surface area (Å²) in [5, 5.41) is 6.39. The van der Waals surface area contributed by atoms with Crippen molar-refractivity contribution in [1.29, 1.82) is 0 Å². The van der Waals surface area contributed by atoms with Gasteiger partial charge in [-0.1, -0.05) is 44.2 Å². The molecule has 0 bridgehead atoms. The number of nitrogens with zero attached hydrogens (tertiary/aromatic N) is 2. The molecule has 8 heteroatoms. The van der Waals surface area contributed by atoms with Crippen LogP contribution in [0.2, 0.25) is 0 Å². The van der Waals surface area contributed by atoms with E-state index in [0.717, 1.165) is 5.56 Å². The van der Waals surface area contributed by atoms with E-state index < -0.39 is 10.0 Å². The van der Waals surface area contributed by atoms with Crippen LogP contribution in [0.3, 0.4) is 0 Å². The molecule has 0 aliphatic rings. The van der Waals surface area contributed by atoms with Crippen LogP contribution >= 0.6 is 0 Å². The molecule has 0 fully saturated rings. The Balaban J connectivity index is 2.07. The molecule has 0 spiro atoms. The maximum Gasteiger partial charge on any atom is 0.242 e. The Hall–Kier alpha value is -2.45. The second-order valence-electron chi connectivity index (χ2n) is 7.57. The predicted octanol–water partition coefficient (Wildman–Crippen LogP) is 2.72. The predicted molar refractivity (Wildman–Crippen MR) is 115 cm³/mol. The lowest BCUT2D eigenvalue weighted by molar-refractivity contribution is 0.503. The molecular weight excluding hydrogens is 391 g/mol. The number of hydrogen-bond donors (Lipinski definition) is 2. The first-order valence-corrected chi connectivity index (χ1v) is 10.7. The summed E-state index contributed by atoms with van der Waals surface area (Å²) in [6.45, 7) is 4.85. The van der Waals surface area contributed by atoms with Gasteiger partial charge in [-0.2, -0.15) is 0 Å². The summed E-state index contributed by atoms with van der Waals surface area (Å²) in [4.78, 5) is 4.46. The normalized spacial score (nSPS) is 12.9. The Kier molecular flexibility index (Phi) is 7.37. The van der Waals surface area contributed by atoms with Gasteiger partial charge < -0.3 is 10.6 Å². The lowest BCUT2D eigenvalue weighted by Crippen LogP contribution is -2.43. The molecule has 0 radical (unpaired) electrons. The van der Waals surface area contributed by atoms with Gasteiger partial charge in [0.05, 0.1) is 4.90 Å². The lowest BCUT2D eigenvalue weighted by atomic mass is 9.84. The SMILES string of the molecule is CN=C(NCc1ccccc1S(=O)(=O)N(C)C)NCC(C)(C)c1cccc(F)c1. The molecule has 0 unspecified atom stereocenters. The topological polar surface area (TPSA) is 73.8 Å². The third-order valence-corrected chi connectivity index (χ3v) is 6.62. The minimum absolute atomic E-state index is 0.257. The summed E-state index contributed by atoms with van der Waals surface area (Å²) in [7, 11) is 1.12. The largest absolute Gasteiger partial charge is 0.356 e. The van der Waals surface area contributed by atoms with Crippen LogP contribution in [0.1, 0.15) is 25.0 Å². The van der Waals surface area contributed by atoms with Crippen LogP contribution < -0.4 is 10.6 Å². The molecule has 2 aromatic rings. The van der Waals surface area contributed by atoms with Gasteiger partial charge in [-0.05, 0) is 29.3 Å². The molecule has 0 heterocycles. The van der Waals surface area contributed by atoms with Gasteiger partial charge in [0.1, 0.15) is 5.82 Å². The average Bonchev–Trinajstić information content (AvgIpc) is 2.68. The highest BCUT2D eigenvalue weighted by atomic mass is 32.2.